The number of non-ortho nitro benzene ring substituents is 1. The number of rotatable bonds is 4. The Labute approximate surface area is 124 Å². The van der Waals surface area contributed by atoms with Crippen molar-refractivity contribution in [2.45, 2.75) is 19.4 Å². The van der Waals surface area contributed by atoms with Gasteiger partial charge in [-0.1, -0.05) is 30.3 Å². The molecule has 0 unspecified atom stereocenters. The summed E-state index contributed by atoms with van der Waals surface area (Å²) in [7, 11) is 0. The molecule has 0 bridgehead atoms. The SMILES string of the molecule is O=[N+]([O-])c1ccc(-c2ccccc2)c(CN2CCCC2)c1. The van der Waals surface area contributed by atoms with Crippen LogP contribution in [-0.4, -0.2) is 22.9 Å². The number of hydrogen-bond donors (Lipinski definition) is 0. The van der Waals surface area contributed by atoms with E-state index in [2.05, 4.69) is 17.0 Å². The third-order valence-electron chi connectivity index (χ3n) is 3.98. The van der Waals surface area contributed by atoms with E-state index in [0.29, 0.717) is 0 Å². The van der Waals surface area contributed by atoms with Crippen molar-refractivity contribution in [3.05, 3.63) is 64.2 Å². The van der Waals surface area contributed by atoms with Gasteiger partial charge in [-0.15, -0.1) is 0 Å². The predicted molar refractivity (Wildman–Crippen MR) is 83.0 cm³/mol. The maximum absolute atomic E-state index is 11.0. The lowest BCUT2D eigenvalue weighted by atomic mass is 9.98. The Kier molecular flexibility index (Phi) is 3.97. The van der Waals surface area contributed by atoms with Gasteiger partial charge in [0, 0.05) is 18.7 Å². The lowest BCUT2D eigenvalue weighted by molar-refractivity contribution is -0.384. The van der Waals surface area contributed by atoms with Crippen molar-refractivity contribution < 1.29 is 4.92 Å². The monoisotopic (exact) mass is 282 g/mol. The summed E-state index contributed by atoms with van der Waals surface area (Å²) in [5, 5.41) is 11.0. The van der Waals surface area contributed by atoms with Gasteiger partial charge in [-0.05, 0) is 48.7 Å². The van der Waals surface area contributed by atoms with Crippen molar-refractivity contribution in [1.82, 2.24) is 4.90 Å². The molecular formula is C17H18N2O2. The summed E-state index contributed by atoms with van der Waals surface area (Å²) in [4.78, 5) is 13.1. The van der Waals surface area contributed by atoms with Crippen LogP contribution in [0.25, 0.3) is 11.1 Å². The lowest BCUT2D eigenvalue weighted by Gasteiger charge is -2.17. The molecule has 21 heavy (non-hydrogen) atoms. The van der Waals surface area contributed by atoms with E-state index in [-0.39, 0.29) is 10.6 Å². The second kappa shape index (κ2) is 6.06. The highest BCUT2D eigenvalue weighted by molar-refractivity contribution is 5.69. The van der Waals surface area contributed by atoms with E-state index in [4.69, 9.17) is 0 Å². The van der Waals surface area contributed by atoms with Gasteiger partial charge in [0.05, 0.1) is 4.92 Å². The molecule has 1 fully saturated rings. The number of likely N-dealkylation sites (tertiary alicyclic amines) is 1. The maximum atomic E-state index is 11.0. The molecule has 2 aromatic carbocycles. The van der Waals surface area contributed by atoms with Gasteiger partial charge in [0.25, 0.3) is 5.69 Å². The molecule has 1 aliphatic rings. The Morgan fingerprint density at radius 1 is 1.05 bits per heavy atom. The zero-order chi connectivity index (χ0) is 14.7. The van der Waals surface area contributed by atoms with Gasteiger partial charge >= 0.3 is 0 Å². The number of hydrogen-bond acceptors (Lipinski definition) is 3. The van der Waals surface area contributed by atoms with Crippen LogP contribution in [0, 0.1) is 10.1 Å². The van der Waals surface area contributed by atoms with Gasteiger partial charge in [-0.25, -0.2) is 0 Å². The summed E-state index contributed by atoms with van der Waals surface area (Å²) in [6, 6.07) is 15.3. The molecule has 4 heteroatoms. The van der Waals surface area contributed by atoms with Crippen LogP contribution in [0.5, 0.6) is 0 Å². The van der Waals surface area contributed by atoms with Gasteiger partial charge in [0.1, 0.15) is 0 Å². The van der Waals surface area contributed by atoms with Crippen LogP contribution >= 0.6 is 0 Å². The average molecular weight is 282 g/mol. The summed E-state index contributed by atoms with van der Waals surface area (Å²) in [5.41, 5.74) is 3.41. The summed E-state index contributed by atoms with van der Waals surface area (Å²) < 4.78 is 0. The van der Waals surface area contributed by atoms with Crippen molar-refractivity contribution in [2.75, 3.05) is 13.1 Å². The first-order chi connectivity index (χ1) is 10.2. The summed E-state index contributed by atoms with van der Waals surface area (Å²) in [5.74, 6) is 0. The quantitative estimate of drug-likeness (QED) is 0.632. The molecule has 1 saturated heterocycles. The van der Waals surface area contributed by atoms with E-state index in [9.17, 15) is 10.1 Å². The van der Waals surface area contributed by atoms with Gasteiger partial charge < -0.3 is 0 Å². The molecule has 0 amide bonds. The molecule has 4 nitrogen and oxygen atoms in total. The molecule has 2 aromatic rings. The smallest absolute Gasteiger partial charge is 0.269 e. The van der Waals surface area contributed by atoms with Gasteiger partial charge in [0.2, 0.25) is 0 Å². The number of nitrogens with zero attached hydrogens (tertiary/aromatic N) is 2. The Morgan fingerprint density at radius 2 is 1.76 bits per heavy atom. The Hall–Kier alpha value is -2.20. The third kappa shape index (κ3) is 3.11. The molecule has 0 radical (unpaired) electrons. The molecule has 0 N–H and O–H groups in total. The van der Waals surface area contributed by atoms with Crippen LogP contribution in [0.4, 0.5) is 5.69 Å². The Bertz CT molecular complexity index is 634. The largest absolute Gasteiger partial charge is 0.299 e. The van der Waals surface area contributed by atoms with E-state index in [0.717, 1.165) is 36.3 Å². The first kappa shape index (κ1) is 13.8. The summed E-state index contributed by atoms with van der Waals surface area (Å²) >= 11 is 0. The van der Waals surface area contributed by atoms with Gasteiger partial charge in [-0.3, -0.25) is 15.0 Å². The van der Waals surface area contributed by atoms with Crippen LogP contribution in [0.3, 0.4) is 0 Å². The number of benzene rings is 2. The molecule has 108 valence electrons. The summed E-state index contributed by atoms with van der Waals surface area (Å²) in [6.45, 7) is 2.94. The van der Waals surface area contributed by atoms with Crippen LogP contribution in [0.15, 0.2) is 48.5 Å². The van der Waals surface area contributed by atoms with E-state index < -0.39 is 0 Å². The van der Waals surface area contributed by atoms with Crippen molar-refractivity contribution in [3.8, 4) is 11.1 Å². The molecule has 1 heterocycles. The standard InChI is InChI=1S/C17H18N2O2/c20-19(21)16-8-9-17(14-6-2-1-3-7-14)15(12-16)13-18-10-4-5-11-18/h1-3,6-9,12H,4-5,10-11,13H2. The molecular weight excluding hydrogens is 264 g/mol. The van der Waals surface area contributed by atoms with Crippen molar-refractivity contribution in [3.63, 3.8) is 0 Å². The minimum Gasteiger partial charge on any atom is -0.299 e. The zero-order valence-corrected chi connectivity index (χ0v) is 11.9. The Balaban J connectivity index is 1.99. The minimum atomic E-state index is -0.317. The van der Waals surface area contributed by atoms with E-state index >= 15 is 0 Å². The normalized spacial score (nSPS) is 15.2. The predicted octanol–water partition coefficient (Wildman–Crippen LogP) is 3.86. The van der Waals surface area contributed by atoms with Crippen molar-refractivity contribution in [1.29, 1.82) is 0 Å². The van der Waals surface area contributed by atoms with Crippen molar-refractivity contribution in [2.24, 2.45) is 0 Å². The first-order valence-corrected chi connectivity index (χ1v) is 7.29. The first-order valence-electron chi connectivity index (χ1n) is 7.29. The molecule has 0 spiro atoms. The van der Waals surface area contributed by atoms with Crippen LogP contribution in [0.1, 0.15) is 18.4 Å². The van der Waals surface area contributed by atoms with E-state index in [1.165, 1.54) is 12.8 Å². The molecule has 0 aliphatic carbocycles. The highest BCUT2D eigenvalue weighted by Gasteiger charge is 2.17. The fourth-order valence-corrected chi connectivity index (χ4v) is 2.91. The number of nitro groups is 1. The third-order valence-corrected chi connectivity index (χ3v) is 3.98. The van der Waals surface area contributed by atoms with Gasteiger partial charge in [0.15, 0.2) is 0 Å². The van der Waals surface area contributed by atoms with Crippen LogP contribution < -0.4 is 0 Å². The van der Waals surface area contributed by atoms with Gasteiger partial charge in [-0.2, -0.15) is 0 Å². The van der Waals surface area contributed by atoms with E-state index in [1.807, 2.05) is 24.3 Å². The zero-order valence-electron chi connectivity index (χ0n) is 11.9. The fraction of sp³-hybridized carbons (Fsp3) is 0.294. The van der Waals surface area contributed by atoms with E-state index in [1.54, 1.807) is 12.1 Å². The lowest BCUT2D eigenvalue weighted by Crippen LogP contribution is -2.18. The van der Waals surface area contributed by atoms with Crippen molar-refractivity contribution >= 4 is 5.69 Å². The highest BCUT2D eigenvalue weighted by atomic mass is 16.6. The fourth-order valence-electron chi connectivity index (χ4n) is 2.91. The molecule has 1 aliphatic heterocycles. The molecule has 3 rings (SSSR count). The topological polar surface area (TPSA) is 46.4 Å². The molecule has 0 saturated carbocycles. The Morgan fingerprint density at radius 3 is 2.43 bits per heavy atom. The summed E-state index contributed by atoms with van der Waals surface area (Å²) in [6.07, 6.45) is 2.44. The highest BCUT2D eigenvalue weighted by Crippen LogP contribution is 2.29. The second-order valence-corrected chi connectivity index (χ2v) is 5.45. The molecule has 0 atom stereocenters. The van der Waals surface area contributed by atoms with Crippen LogP contribution in [-0.2, 0) is 6.54 Å². The second-order valence-electron chi connectivity index (χ2n) is 5.45. The minimum absolute atomic E-state index is 0.170. The molecule has 0 aromatic heterocycles. The maximum Gasteiger partial charge on any atom is 0.269 e. The number of nitro benzene ring substituents is 1. The average Bonchev–Trinajstić information content (AvgIpc) is 3.01. The van der Waals surface area contributed by atoms with Crippen LogP contribution in [0.2, 0.25) is 0 Å².